The van der Waals surface area contributed by atoms with Gasteiger partial charge in [0.1, 0.15) is 10.7 Å². The van der Waals surface area contributed by atoms with Crippen LogP contribution >= 0.6 is 22.7 Å². The van der Waals surface area contributed by atoms with E-state index >= 15 is 0 Å². The highest BCUT2D eigenvalue weighted by atomic mass is 32.1. The minimum Gasteiger partial charge on any atom is -0.378 e. The minimum absolute atomic E-state index is 0.557. The third-order valence-corrected chi connectivity index (χ3v) is 3.95. The topological polar surface area (TPSA) is 47.0 Å². The van der Waals surface area contributed by atoms with Crippen molar-refractivity contribution in [2.24, 2.45) is 0 Å². The van der Waals surface area contributed by atoms with Gasteiger partial charge in [0.2, 0.25) is 0 Å². The number of aromatic nitrogens is 2. The lowest BCUT2D eigenvalue weighted by Gasteiger charge is -2.00. The van der Waals surface area contributed by atoms with Crippen molar-refractivity contribution in [1.29, 1.82) is 0 Å². The van der Waals surface area contributed by atoms with Gasteiger partial charge in [-0.05, 0) is 6.54 Å². The lowest BCUT2D eigenvalue weighted by Crippen LogP contribution is -2.12. The third-order valence-electron chi connectivity index (χ3n) is 2.25. The molecule has 0 aromatic carbocycles. The summed E-state index contributed by atoms with van der Waals surface area (Å²) < 4.78 is 5.18. The van der Waals surface area contributed by atoms with Crippen LogP contribution in [0.5, 0.6) is 0 Å². The molecule has 0 aliphatic carbocycles. The average molecular weight is 269 g/mol. The Morgan fingerprint density at radius 3 is 3.00 bits per heavy atom. The van der Waals surface area contributed by atoms with Crippen molar-refractivity contribution in [2.45, 2.75) is 20.1 Å². The van der Waals surface area contributed by atoms with Gasteiger partial charge in [-0.25, -0.2) is 9.97 Å². The minimum atomic E-state index is 0.557. The van der Waals surface area contributed by atoms with Gasteiger partial charge in [-0.3, -0.25) is 0 Å². The van der Waals surface area contributed by atoms with Crippen LogP contribution in [-0.2, 0) is 17.9 Å². The van der Waals surface area contributed by atoms with Gasteiger partial charge in [-0.2, -0.15) is 0 Å². The number of nitrogens with zero attached hydrogens (tertiary/aromatic N) is 2. The first-order valence-electron chi connectivity index (χ1n) is 5.42. The van der Waals surface area contributed by atoms with Crippen molar-refractivity contribution < 1.29 is 4.74 Å². The molecule has 0 aliphatic rings. The second kappa shape index (κ2) is 6.20. The summed E-state index contributed by atoms with van der Waals surface area (Å²) in [4.78, 5) is 10.1. The fourth-order valence-corrected chi connectivity index (χ4v) is 3.05. The molecule has 17 heavy (non-hydrogen) atoms. The van der Waals surface area contributed by atoms with Gasteiger partial charge in [0.25, 0.3) is 0 Å². The Bertz CT molecular complexity index is 453. The highest BCUT2D eigenvalue weighted by Crippen LogP contribution is 2.28. The van der Waals surface area contributed by atoms with Gasteiger partial charge < -0.3 is 10.1 Å². The van der Waals surface area contributed by atoms with Crippen molar-refractivity contribution in [1.82, 2.24) is 15.3 Å². The van der Waals surface area contributed by atoms with Crippen LogP contribution in [0.3, 0.4) is 0 Å². The summed E-state index contributed by atoms with van der Waals surface area (Å²) in [5.74, 6) is 0. The van der Waals surface area contributed by atoms with E-state index in [1.54, 1.807) is 29.8 Å². The van der Waals surface area contributed by atoms with Gasteiger partial charge in [0.05, 0.1) is 17.8 Å². The van der Waals surface area contributed by atoms with Gasteiger partial charge >= 0.3 is 0 Å². The van der Waals surface area contributed by atoms with E-state index in [9.17, 15) is 0 Å². The summed E-state index contributed by atoms with van der Waals surface area (Å²) in [6, 6.07) is 0. The smallest absolute Gasteiger partial charge is 0.143 e. The SMILES string of the molecule is CCNCc1sc(-c2cscn2)nc1COC. The molecule has 1 N–H and O–H groups in total. The summed E-state index contributed by atoms with van der Waals surface area (Å²) in [5.41, 5.74) is 3.80. The predicted octanol–water partition coefficient (Wildman–Crippen LogP) is 2.52. The molecule has 2 aromatic rings. The summed E-state index contributed by atoms with van der Waals surface area (Å²) in [7, 11) is 1.69. The number of methoxy groups -OCH3 is 1. The van der Waals surface area contributed by atoms with E-state index in [0.717, 1.165) is 29.5 Å². The molecule has 0 amide bonds. The number of nitrogens with one attached hydrogen (secondary N) is 1. The third kappa shape index (κ3) is 3.10. The maximum atomic E-state index is 5.18. The highest BCUT2D eigenvalue weighted by molar-refractivity contribution is 7.15. The number of rotatable bonds is 6. The molecule has 6 heteroatoms. The standard InChI is InChI=1S/C11H15N3OS2/c1-3-12-4-10-8(5-15-2)14-11(17-10)9-6-16-7-13-9/h6-7,12H,3-5H2,1-2H3. The zero-order valence-electron chi connectivity index (χ0n) is 9.90. The van der Waals surface area contributed by atoms with E-state index in [0.29, 0.717) is 6.61 Å². The molecule has 2 aromatic heterocycles. The molecule has 0 bridgehead atoms. The molecule has 92 valence electrons. The van der Waals surface area contributed by atoms with Gasteiger partial charge in [0, 0.05) is 23.9 Å². The summed E-state index contributed by atoms with van der Waals surface area (Å²) >= 11 is 3.28. The number of hydrogen-bond acceptors (Lipinski definition) is 6. The Morgan fingerprint density at radius 1 is 1.47 bits per heavy atom. The van der Waals surface area contributed by atoms with Crippen molar-refractivity contribution in [3.8, 4) is 10.7 Å². The maximum Gasteiger partial charge on any atom is 0.143 e. The average Bonchev–Trinajstić information content (AvgIpc) is 2.95. The lowest BCUT2D eigenvalue weighted by atomic mass is 10.3. The molecule has 0 fully saturated rings. The molecule has 2 heterocycles. The highest BCUT2D eigenvalue weighted by Gasteiger charge is 2.13. The van der Waals surface area contributed by atoms with Crippen LogP contribution < -0.4 is 5.32 Å². The van der Waals surface area contributed by atoms with Gasteiger partial charge in [0.15, 0.2) is 0 Å². The zero-order valence-corrected chi connectivity index (χ0v) is 11.5. The van der Waals surface area contributed by atoms with E-state index in [2.05, 4.69) is 22.2 Å². The molecule has 0 aliphatic heterocycles. The van der Waals surface area contributed by atoms with Crippen LogP contribution in [0.2, 0.25) is 0 Å². The molecule has 0 spiro atoms. The van der Waals surface area contributed by atoms with Crippen molar-refractivity contribution in [3.63, 3.8) is 0 Å². The largest absolute Gasteiger partial charge is 0.378 e. The first kappa shape index (κ1) is 12.6. The summed E-state index contributed by atoms with van der Waals surface area (Å²) in [6.07, 6.45) is 0. The second-order valence-corrected chi connectivity index (χ2v) is 5.28. The van der Waals surface area contributed by atoms with Crippen LogP contribution in [0.15, 0.2) is 10.9 Å². The number of hydrogen-bond donors (Lipinski definition) is 1. The first-order chi connectivity index (χ1) is 8.35. The fourth-order valence-electron chi connectivity index (χ4n) is 1.44. The molecular weight excluding hydrogens is 254 g/mol. The quantitative estimate of drug-likeness (QED) is 0.875. The monoisotopic (exact) mass is 269 g/mol. The second-order valence-electron chi connectivity index (χ2n) is 3.48. The first-order valence-corrected chi connectivity index (χ1v) is 7.17. The zero-order chi connectivity index (χ0) is 12.1. The van der Waals surface area contributed by atoms with Crippen LogP contribution in [-0.4, -0.2) is 23.6 Å². The van der Waals surface area contributed by atoms with Gasteiger partial charge in [-0.1, -0.05) is 6.92 Å². The Morgan fingerprint density at radius 2 is 2.35 bits per heavy atom. The molecule has 0 saturated carbocycles. The molecule has 0 unspecified atom stereocenters. The molecule has 4 nitrogen and oxygen atoms in total. The number of ether oxygens (including phenoxy) is 1. The summed E-state index contributed by atoms with van der Waals surface area (Å²) in [6.45, 7) is 4.45. The van der Waals surface area contributed by atoms with Crippen LogP contribution in [0, 0.1) is 0 Å². The van der Waals surface area contributed by atoms with E-state index in [4.69, 9.17) is 4.74 Å². The maximum absolute atomic E-state index is 5.18. The van der Waals surface area contributed by atoms with Crippen LogP contribution in [0.1, 0.15) is 17.5 Å². The predicted molar refractivity (Wildman–Crippen MR) is 71.3 cm³/mol. The van der Waals surface area contributed by atoms with Crippen LogP contribution in [0.25, 0.3) is 10.7 Å². The Hall–Kier alpha value is -0.820. The van der Waals surface area contributed by atoms with E-state index in [-0.39, 0.29) is 0 Å². The molecule has 0 saturated heterocycles. The lowest BCUT2D eigenvalue weighted by molar-refractivity contribution is 0.181. The van der Waals surface area contributed by atoms with Crippen molar-refractivity contribution >= 4 is 22.7 Å². The van der Waals surface area contributed by atoms with Crippen molar-refractivity contribution in [3.05, 3.63) is 21.5 Å². The Kier molecular flexibility index (Phi) is 4.61. The van der Waals surface area contributed by atoms with Crippen LogP contribution in [0.4, 0.5) is 0 Å². The summed E-state index contributed by atoms with van der Waals surface area (Å²) in [5, 5.41) is 6.32. The normalized spacial score (nSPS) is 10.9. The van der Waals surface area contributed by atoms with Crippen molar-refractivity contribution in [2.75, 3.05) is 13.7 Å². The van der Waals surface area contributed by atoms with E-state index < -0.39 is 0 Å². The molecule has 0 radical (unpaired) electrons. The Balaban J connectivity index is 2.24. The molecule has 2 rings (SSSR count). The Labute approximate surface area is 109 Å². The van der Waals surface area contributed by atoms with E-state index in [1.165, 1.54) is 4.88 Å². The number of thiazole rings is 2. The van der Waals surface area contributed by atoms with Gasteiger partial charge in [-0.15, -0.1) is 22.7 Å². The molecular formula is C11H15N3OS2. The molecule has 0 atom stereocenters. The fraction of sp³-hybridized carbons (Fsp3) is 0.455. The van der Waals surface area contributed by atoms with E-state index in [1.807, 2.05) is 10.9 Å².